The predicted molar refractivity (Wildman–Crippen MR) is 59.9 cm³/mol. The Morgan fingerprint density at radius 2 is 1.47 bits per heavy atom. The van der Waals surface area contributed by atoms with Crippen LogP contribution in [0.25, 0.3) is 0 Å². The van der Waals surface area contributed by atoms with Crippen molar-refractivity contribution in [1.82, 2.24) is 0 Å². The molecule has 0 radical (unpaired) electrons. The number of hydrogen-bond acceptors (Lipinski definition) is 4. The number of nitriles is 2. The van der Waals surface area contributed by atoms with Crippen molar-refractivity contribution in [3.63, 3.8) is 0 Å². The molecule has 0 aromatic heterocycles. The van der Waals surface area contributed by atoms with Crippen LogP contribution in [0.5, 0.6) is 0 Å². The van der Waals surface area contributed by atoms with Crippen molar-refractivity contribution in [3.05, 3.63) is 0 Å². The first kappa shape index (κ1) is 16.0. The fourth-order valence-electron chi connectivity index (χ4n) is 1.86. The molecule has 1 saturated heterocycles. The molecule has 0 spiro atoms. The van der Waals surface area contributed by atoms with Gasteiger partial charge in [-0.2, -0.15) is 10.5 Å². The highest BCUT2D eigenvalue weighted by Gasteiger charge is 2.24. The molecule has 15 heavy (non-hydrogen) atoms. The van der Waals surface area contributed by atoms with Gasteiger partial charge in [0.2, 0.25) is 0 Å². The summed E-state index contributed by atoms with van der Waals surface area (Å²) in [6, 6.07) is 0. The Labute approximate surface area is 92.5 Å². The lowest BCUT2D eigenvalue weighted by atomic mass is 10.4. The Balaban J connectivity index is 0. The van der Waals surface area contributed by atoms with Gasteiger partial charge >= 0.3 is 0 Å². The average molecular weight is 212 g/mol. The Hall–Kier alpha value is -1.46. The summed E-state index contributed by atoms with van der Waals surface area (Å²) in [5.74, 6) is 0. The van der Waals surface area contributed by atoms with E-state index in [4.69, 9.17) is 10.5 Å². The van der Waals surface area contributed by atoms with Crippen LogP contribution in [-0.4, -0.2) is 31.2 Å². The third-order valence-corrected chi connectivity index (χ3v) is 2.41. The monoisotopic (exact) mass is 212 g/mol. The molecule has 1 fully saturated rings. The second-order valence-corrected chi connectivity index (χ2v) is 3.76. The highest BCUT2D eigenvalue weighted by molar-refractivity contribution is 4.50. The first-order valence-corrected chi connectivity index (χ1v) is 5.13. The molecule has 0 unspecified atom stereocenters. The minimum Gasteiger partial charge on any atom is -0.337 e. The summed E-state index contributed by atoms with van der Waals surface area (Å²) in [5.41, 5.74) is 8.31. The lowest BCUT2D eigenvalue weighted by Crippen LogP contribution is -2.41. The maximum Gasteiger partial charge on any atom is 0.173 e. The molecule has 0 aliphatic carbocycles. The van der Waals surface area contributed by atoms with Crippen molar-refractivity contribution in [2.24, 2.45) is 11.5 Å². The van der Waals surface area contributed by atoms with E-state index in [0.29, 0.717) is 0 Å². The molecular formula is C10H22N5+. The third-order valence-electron chi connectivity index (χ3n) is 2.41. The lowest BCUT2D eigenvalue weighted by Gasteiger charge is -2.28. The van der Waals surface area contributed by atoms with Gasteiger partial charge in [-0.25, -0.2) is 0 Å². The molecule has 0 amide bonds. The maximum atomic E-state index is 7.10. The highest BCUT2D eigenvalue weighted by atomic mass is 15.3. The quantitative estimate of drug-likeness (QED) is 0.395. The molecule has 0 aromatic rings. The molecule has 4 N–H and O–H groups in total. The molecule has 1 aliphatic rings. The normalized spacial score (nSPS) is 15.7. The number of nitrogens with two attached hydrogens (primary N) is 2. The first-order valence-electron chi connectivity index (χ1n) is 5.13. The number of likely N-dealkylation sites (tertiary alicyclic amines) is 1. The van der Waals surface area contributed by atoms with Crippen LogP contribution >= 0.6 is 0 Å². The third kappa shape index (κ3) is 10.5. The summed E-state index contributed by atoms with van der Waals surface area (Å²) in [4.78, 5) is 0. The minimum atomic E-state index is 1.25. The van der Waals surface area contributed by atoms with Crippen LogP contribution < -0.4 is 11.5 Å². The zero-order valence-corrected chi connectivity index (χ0v) is 9.74. The summed E-state index contributed by atoms with van der Waals surface area (Å²) in [6.45, 7) is 6.52. The summed E-state index contributed by atoms with van der Waals surface area (Å²) >= 11 is 0. The predicted octanol–water partition coefficient (Wildman–Crippen LogP) is 0.489. The molecule has 0 aromatic carbocycles. The Morgan fingerprint density at radius 1 is 1.13 bits per heavy atom. The number of hydrogen-bond donors (Lipinski definition) is 2. The largest absolute Gasteiger partial charge is 0.337 e. The fourth-order valence-corrected chi connectivity index (χ4v) is 1.86. The second-order valence-electron chi connectivity index (χ2n) is 3.76. The standard InChI is InChI=1S/C8H18N.2CH2N2/c1-3-6-9(2)7-4-5-8-9;2*2-1-3/h3-8H2,1-2H3;2*2H2/q+1;;. The van der Waals surface area contributed by atoms with E-state index < -0.39 is 0 Å². The number of rotatable bonds is 2. The van der Waals surface area contributed by atoms with Crippen LogP contribution in [0.4, 0.5) is 0 Å². The van der Waals surface area contributed by atoms with Gasteiger partial charge in [-0.3, -0.25) is 0 Å². The van der Waals surface area contributed by atoms with Gasteiger partial charge in [0.1, 0.15) is 0 Å². The van der Waals surface area contributed by atoms with Gasteiger partial charge in [-0.05, 0) is 6.42 Å². The zero-order valence-electron chi connectivity index (χ0n) is 9.74. The molecule has 5 nitrogen and oxygen atoms in total. The van der Waals surface area contributed by atoms with Crippen LogP contribution in [0.1, 0.15) is 26.2 Å². The Kier molecular flexibility index (Phi) is 11.3. The molecule has 86 valence electrons. The van der Waals surface area contributed by atoms with Gasteiger partial charge in [-0.1, -0.05) is 6.92 Å². The van der Waals surface area contributed by atoms with Crippen molar-refractivity contribution in [2.75, 3.05) is 26.7 Å². The summed E-state index contributed by atoms with van der Waals surface area (Å²) in [6.07, 6.45) is 6.75. The van der Waals surface area contributed by atoms with Crippen LogP contribution in [0.15, 0.2) is 0 Å². The van der Waals surface area contributed by atoms with Crippen LogP contribution in [0, 0.1) is 22.9 Å². The molecule has 5 heteroatoms. The molecule has 1 heterocycles. The van der Waals surface area contributed by atoms with E-state index in [2.05, 4.69) is 25.4 Å². The first-order chi connectivity index (χ1) is 7.10. The smallest absolute Gasteiger partial charge is 0.173 e. The van der Waals surface area contributed by atoms with Gasteiger partial charge in [0, 0.05) is 12.8 Å². The van der Waals surface area contributed by atoms with Crippen LogP contribution in [-0.2, 0) is 0 Å². The molecular weight excluding hydrogens is 190 g/mol. The molecule has 0 atom stereocenters. The van der Waals surface area contributed by atoms with E-state index in [1.807, 2.05) is 0 Å². The lowest BCUT2D eigenvalue weighted by molar-refractivity contribution is -0.897. The molecule has 1 aliphatic heterocycles. The van der Waals surface area contributed by atoms with Crippen molar-refractivity contribution in [2.45, 2.75) is 26.2 Å². The molecule has 0 saturated carbocycles. The number of quaternary nitrogens is 1. The Bertz CT molecular complexity index is 195. The minimum absolute atomic E-state index is 1.25. The summed E-state index contributed by atoms with van der Waals surface area (Å²) in [5, 5.41) is 14.2. The number of nitrogens with zero attached hydrogens (tertiary/aromatic N) is 3. The van der Waals surface area contributed by atoms with Gasteiger partial charge in [0.05, 0.1) is 26.7 Å². The van der Waals surface area contributed by atoms with Crippen LogP contribution in [0.2, 0.25) is 0 Å². The van der Waals surface area contributed by atoms with Crippen molar-refractivity contribution in [3.8, 4) is 12.4 Å². The van der Waals surface area contributed by atoms with E-state index in [9.17, 15) is 0 Å². The van der Waals surface area contributed by atoms with Crippen molar-refractivity contribution < 1.29 is 4.48 Å². The van der Waals surface area contributed by atoms with Crippen molar-refractivity contribution in [1.29, 1.82) is 10.5 Å². The summed E-state index contributed by atoms with van der Waals surface area (Å²) in [7, 11) is 2.39. The Morgan fingerprint density at radius 3 is 1.73 bits per heavy atom. The topological polar surface area (TPSA) is 99.6 Å². The molecule has 1 rings (SSSR count). The maximum absolute atomic E-state index is 7.10. The fraction of sp³-hybridized carbons (Fsp3) is 0.800. The average Bonchev–Trinajstić information content (AvgIpc) is 2.55. The summed E-state index contributed by atoms with van der Waals surface area (Å²) < 4.78 is 1.34. The molecule has 0 bridgehead atoms. The second kappa shape index (κ2) is 10.6. The van der Waals surface area contributed by atoms with E-state index >= 15 is 0 Å². The van der Waals surface area contributed by atoms with Gasteiger partial charge in [0.15, 0.2) is 12.4 Å². The van der Waals surface area contributed by atoms with Gasteiger partial charge < -0.3 is 16.0 Å². The van der Waals surface area contributed by atoms with Crippen LogP contribution in [0.3, 0.4) is 0 Å². The SMILES string of the molecule is CCC[N+]1(C)CCCC1.N#CN.N#CN. The van der Waals surface area contributed by atoms with E-state index in [1.165, 1.54) is 55.8 Å². The highest BCUT2D eigenvalue weighted by Crippen LogP contribution is 2.15. The van der Waals surface area contributed by atoms with E-state index in [0.717, 1.165) is 0 Å². The van der Waals surface area contributed by atoms with Gasteiger partial charge in [-0.15, -0.1) is 0 Å². The van der Waals surface area contributed by atoms with Crippen molar-refractivity contribution >= 4 is 0 Å². The van der Waals surface area contributed by atoms with Gasteiger partial charge in [0.25, 0.3) is 0 Å². The van der Waals surface area contributed by atoms with E-state index in [-0.39, 0.29) is 0 Å². The van der Waals surface area contributed by atoms with E-state index in [1.54, 1.807) is 0 Å². The zero-order chi connectivity index (χ0) is 12.2.